The lowest BCUT2D eigenvalue weighted by atomic mass is 9.98. The van der Waals surface area contributed by atoms with Crippen LogP contribution in [0, 0.1) is 0 Å². The maximum atomic E-state index is 3.67. The second kappa shape index (κ2) is 6.50. The zero-order valence-electron chi connectivity index (χ0n) is 11.2. The molecular formula is C16H12Br3NS. The van der Waals surface area contributed by atoms with Crippen molar-refractivity contribution in [3.63, 3.8) is 0 Å². The first kappa shape index (κ1) is 15.7. The van der Waals surface area contributed by atoms with Crippen LogP contribution in [-0.4, -0.2) is 7.05 Å². The smallest absolute Gasteiger partial charge is 0.0600 e. The van der Waals surface area contributed by atoms with Gasteiger partial charge in [0.25, 0.3) is 0 Å². The van der Waals surface area contributed by atoms with Crippen LogP contribution >= 0.6 is 59.1 Å². The van der Waals surface area contributed by atoms with E-state index >= 15 is 0 Å². The molecule has 1 nitrogen and oxygen atoms in total. The standard InChI is InChI=1S/C16H12Br3NS/c1-20-15(11-7-9(17)5-6-13(11)18)12-8-21-16-10(12)3-2-4-14(16)19/h2-8,15,20H,1H3. The predicted octanol–water partition coefficient (Wildman–Crippen LogP) is 6.50. The molecule has 1 unspecified atom stereocenters. The molecule has 5 heteroatoms. The molecule has 21 heavy (non-hydrogen) atoms. The first-order chi connectivity index (χ1) is 10.1. The summed E-state index contributed by atoms with van der Waals surface area (Å²) in [5, 5.41) is 6.97. The van der Waals surface area contributed by atoms with Crippen LogP contribution in [-0.2, 0) is 0 Å². The average molecular weight is 490 g/mol. The van der Waals surface area contributed by atoms with Crippen molar-refractivity contribution in [1.82, 2.24) is 5.32 Å². The highest BCUT2D eigenvalue weighted by Crippen LogP contribution is 2.39. The molecule has 0 bridgehead atoms. The molecule has 0 radical (unpaired) electrons. The topological polar surface area (TPSA) is 12.0 Å². The summed E-state index contributed by atoms with van der Waals surface area (Å²) in [7, 11) is 2.00. The number of benzene rings is 2. The van der Waals surface area contributed by atoms with E-state index in [1.807, 2.05) is 13.1 Å². The number of thiophene rings is 1. The van der Waals surface area contributed by atoms with E-state index in [0.29, 0.717) is 0 Å². The fraction of sp³-hybridized carbons (Fsp3) is 0.125. The molecule has 0 spiro atoms. The van der Waals surface area contributed by atoms with E-state index in [0.717, 1.165) is 13.4 Å². The Balaban J connectivity index is 2.19. The van der Waals surface area contributed by atoms with Gasteiger partial charge in [-0.1, -0.05) is 44.0 Å². The van der Waals surface area contributed by atoms with E-state index in [4.69, 9.17) is 0 Å². The van der Waals surface area contributed by atoms with Crippen molar-refractivity contribution in [2.45, 2.75) is 6.04 Å². The summed E-state index contributed by atoms with van der Waals surface area (Å²) in [5.74, 6) is 0. The second-order valence-corrected chi connectivity index (χ2v) is 8.20. The Morgan fingerprint density at radius 2 is 1.81 bits per heavy atom. The molecule has 1 aromatic heterocycles. The number of halogens is 3. The Hall–Kier alpha value is -0.200. The van der Waals surface area contributed by atoms with Crippen molar-refractivity contribution >= 4 is 69.2 Å². The molecule has 2 aromatic carbocycles. The molecule has 0 fully saturated rings. The van der Waals surface area contributed by atoms with Gasteiger partial charge in [-0.2, -0.15) is 0 Å². The van der Waals surface area contributed by atoms with E-state index in [1.165, 1.54) is 21.2 Å². The van der Waals surface area contributed by atoms with Crippen molar-refractivity contribution in [3.8, 4) is 0 Å². The SMILES string of the molecule is CNC(c1cc(Br)ccc1Br)c1csc2c(Br)cccc12. The van der Waals surface area contributed by atoms with E-state index in [-0.39, 0.29) is 6.04 Å². The van der Waals surface area contributed by atoms with Crippen molar-refractivity contribution in [3.05, 3.63) is 66.3 Å². The first-order valence-electron chi connectivity index (χ1n) is 6.39. The monoisotopic (exact) mass is 487 g/mol. The van der Waals surface area contributed by atoms with Crippen LogP contribution in [0.25, 0.3) is 10.1 Å². The predicted molar refractivity (Wildman–Crippen MR) is 102 cm³/mol. The Labute approximate surface area is 153 Å². The number of hydrogen-bond donors (Lipinski definition) is 1. The van der Waals surface area contributed by atoms with Gasteiger partial charge in [0.2, 0.25) is 0 Å². The van der Waals surface area contributed by atoms with Gasteiger partial charge in [-0.15, -0.1) is 11.3 Å². The largest absolute Gasteiger partial charge is 0.309 e. The third kappa shape index (κ3) is 2.99. The summed E-state index contributed by atoms with van der Waals surface area (Å²) in [5.41, 5.74) is 2.53. The van der Waals surface area contributed by atoms with E-state index in [1.54, 1.807) is 11.3 Å². The summed E-state index contributed by atoms with van der Waals surface area (Å²) < 4.78 is 4.64. The number of nitrogens with one attached hydrogen (secondary N) is 1. The summed E-state index contributed by atoms with van der Waals surface area (Å²) in [6.07, 6.45) is 0. The van der Waals surface area contributed by atoms with Crippen molar-refractivity contribution in [2.75, 3.05) is 7.05 Å². The number of fused-ring (bicyclic) bond motifs is 1. The van der Waals surface area contributed by atoms with E-state index in [2.05, 4.69) is 88.8 Å². The van der Waals surface area contributed by atoms with Gasteiger partial charge in [-0.3, -0.25) is 0 Å². The molecule has 108 valence electrons. The highest BCUT2D eigenvalue weighted by molar-refractivity contribution is 9.11. The minimum absolute atomic E-state index is 0.153. The van der Waals surface area contributed by atoms with Gasteiger partial charge in [0.15, 0.2) is 0 Å². The fourth-order valence-corrected chi connectivity index (χ4v) is 4.98. The lowest BCUT2D eigenvalue weighted by Crippen LogP contribution is -2.17. The summed E-state index contributed by atoms with van der Waals surface area (Å²) >= 11 is 12.6. The molecule has 1 atom stereocenters. The van der Waals surface area contributed by atoms with Gasteiger partial charge >= 0.3 is 0 Å². The van der Waals surface area contributed by atoms with Crippen LogP contribution in [0.4, 0.5) is 0 Å². The van der Waals surface area contributed by atoms with Crippen LogP contribution in [0.5, 0.6) is 0 Å². The van der Waals surface area contributed by atoms with Crippen LogP contribution in [0.3, 0.4) is 0 Å². The quantitative estimate of drug-likeness (QED) is 0.443. The highest BCUT2D eigenvalue weighted by Gasteiger charge is 2.19. The van der Waals surface area contributed by atoms with Gasteiger partial charge in [-0.25, -0.2) is 0 Å². The maximum Gasteiger partial charge on any atom is 0.0600 e. The summed E-state index contributed by atoms with van der Waals surface area (Å²) in [6, 6.07) is 12.8. The minimum atomic E-state index is 0.153. The lowest BCUT2D eigenvalue weighted by Gasteiger charge is -2.18. The normalized spacial score (nSPS) is 12.8. The molecule has 1 N–H and O–H groups in total. The molecule has 3 rings (SSSR count). The van der Waals surface area contributed by atoms with Crippen LogP contribution in [0.1, 0.15) is 17.2 Å². The van der Waals surface area contributed by atoms with Gasteiger partial charge in [0.05, 0.1) is 6.04 Å². The zero-order chi connectivity index (χ0) is 15.0. The third-order valence-corrected chi connectivity index (χ3v) is 6.64. The van der Waals surface area contributed by atoms with Gasteiger partial charge in [0.1, 0.15) is 0 Å². The van der Waals surface area contributed by atoms with E-state index < -0.39 is 0 Å². The van der Waals surface area contributed by atoms with Gasteiger partial charge < -0.3 is 5.32 Å². The number of rotatable bonds is 3. The molecular weight excluding hydrogens is 478 g/mol. The Morgan fingerprint density at radius 3 is 2.57 bits per heavy atom. The summed E-state index contributed by atoms with van der Waals surface area (Å²) in [4.78, 5) is 0. The second-order valence-electron chi connectivity index (χ2n) is 4.70. The van der Waals surface area contributed by atoms with Crippen LogP contribution in [0.15, 0.2) is 55.2 Å². The molecule has 0 aliphatic carbocycles. The first-order valence-corrected chi connectivity index (χ1v) is 9.65. The molecule has 0 aliphatic rings. The average Bonchev–Trinajstić information content (AvgIpc) is 2.89. The maximum absolute atomic E-state index is 3.67. The Bertz CT molecular complexity index is 797. The zero-order valence-corrected chi connectivity index (χ0v) is 16.7. The van der Waals surface area contributed by atoms with E-state index in [9.17, 15) is 0 Å². The Kier molecular flexibility index (Phi) is 4.86. The Morgan fingerprint density at radius 1 is 1.00 bits per heavy atom. The lowest BCUT2D eigenvalue weighted by molar-refractivity contribution is 0.695. The highest BCUT2D eigenvalue weighted by atomic mass is 79.9. The molecule has 0 aliphatic heterocycles. The molecule has 0 saturated heterocycles. The molecule has 1 heterocycles. The third-order valence-electron chi connectivity index (χ3n) is 3.45. The van der Waals surface area contributed by atoms with Crippen LogP contribution in [0.2, 0.25) is 0 Å². The fourth-order valence-electron chi connectivity index (χ4n) is 2.48. The summed E-state index contributed by atoms with van der Waals surface area (Å²) in [6.45, 7) is 0. The van der Waals surface area contributed by atoms with Crippen molar-refractivity contribution in [1.29, 1.82) is 0 Å². The van der Waals surface area contributed by atoms with Crippen LogP contribution < -0.4 is 5.32 Å². The number of hydrogen-bond acceptors (Lipinski definition) is 2. The molecule has 0 amide bonds. The van der Waals surface area contributed by atoms with Crippen molar-refractivity contribution in [2.24, 2.45) is 0 Å². The van der Waals surface area contributed by atoms with Crippen molar-refractivity contribution < 1.29 is 0 Å². The molecule has 3 aromatic rings. The minimum Gasteiger partial charge on any atom is -0.309 e. The van der Waals surface area contributed by atoms with Gasteiger partial charge in [0, 0.05) is 18.1 Å². The molecule has 0 saturated carbocycles. The van der Waals surface area contributed by atoms with Gasteiger partial charge in [-0.05, 0) is 69.1 Å².